The molecule has 0 aromatic heterocycles. The maximum absolute atomic E-state index is 12.1. The van der Waals surface area contributed by atoms with Crippen LogP contribution in [0.5, 0.6) is 5.75 Å². The number of rotatable bonds is 5. The highest BCUT2D eigenvalue weighted by Crippen LogP contribution is 2.19. The fourth-order valence-corrected chi connectivity index (χ4v) is 1.63. The molecule has 0 aliphatic rings. The molecule has 2 rings (SSSR count). The van der Waals surface area contributed by atoms with Crippen molar-refractivity contribution >= 4 is 11.5 Å². The van der Waals surface area contributed by atoms with Crippen molar-refractivity contribution in [2.45, 2.75) is 0 Å². The van der Waals surface area contributed by atoms with Crippen molar-refractivity contribution < 1.29 is 14.6 Å². The zero-order valence-electron chi connectivity index (χ0n) is 11.4. The third-order valence-electron chi connectivity index (χ3n) is 2.74. The van der Waals surface area contributed by atoms with Gasteiger partial charge in [0.2, 0.25) is 5.78 Å². The maximum atomic E-state index is 12.1. The summed E-state index contributed by atoms with van der Waals surface area (Å²) in [4.78, 5) is 12.1. The minimum absolute atomic E-state index is 0.128. The number of ketones is 1. The Bertz CT molecular complexity index is 662. The molecule has 2 aromatic carbocycles. The Labute approximate surface area is 122 Å². The molecule has 5 nitrogen and oxygen atoms in total. The zero-order chi connectivity index (χ0) is 15.1. The number of hydrogen-bond acceptors (Lipinski definition) is 5. The number of ether oxygens (including phenoxy) is 1. The van der Waals surface area contributed by atoms with Crippen molar-refractivity contribution in [1.29, 1.82) is 0 Å². The van der Waals surface area contributed by atoms with Gasteiger partial charge in [0.25, 0.3) is 0 Å². The van der Waals surface area contributed by atoms with E-state index in [2.05, 4.69) is 10.2 Å². The molecule has 0 amide bonds. The summed E-state index contributed by atoms with van der Waals surface area (Å²) in [5, 5.41) is 16.9. The Morgan fingerprint density at radius 2 is 1.76 bits per heavy atom. The summed E-state index contributed by atoms with van der Waals surface area (Å²) in [7, 11) is 1.57. The number of Topliss-reactive ketones (excluding diaryl/α,β-unsaturated/α-hetero) is 1. The van der Waals surface area contributed by atoms with Crippen molar-refractivity contribution in [2.75, 3.05) is 7.11 Å². The fraction of sp³-hybridized carbons (Fsp3) is 0.0625. The van der Waals surface area contributed by atoms with Gasteiger partial charge in [-0.15, -0.1) is 5.11 Å². The molecule has 0 fully saturated rings. The molecule has 0 atom stereocenters. The maximum Gasteiger partial charge on any atom is 0.216 e. The predicted molar refractivity (Wildman–Crippen MR) is 79.0 cm³/mol. The molecule has 0 saturated carbocycles. The van der Waals surface area contributed by atoms with Crippen LogP contribution < -0.4 is 4.74 Å². The molecule has 0 unspecified atom stereocenters. The summed E-state index contributed by atoms with van der Waals surface area (Å²) in [5.74, 6) is 0.308. The van der Waals surface area contributed by atoms with Gasteiger partial charge in [-0.05, 0) is 24.3 Å². The first-order chi connectivity index (χ1) is 10.2. The van der Waals surface area contributed by atoms with Gasteiger partial charge in [-0.2, -0.15) is 5.11 Å². The van der Waals surface area contributed by atoms with Gasteiger partial charge in [-0.1, -0.05) is 30.3 Å². The van der Waals surface area contributed by atoms with Gasteiger partial charge in [0.05, 0.1) is 12.8 Å². The third-order valence-corrected chi connectivity index (χ3v) is 2.74. The lowest BCUT2D eigenvalue weighted by atomic mass is 10.1. The highest BCUT2D eigenvalue weighted by molar-refractivity contribution is 6.08. The lowest BCUT2D eigenvalue weighted by molar-refractivity contribution is 0.102. The van der Waals surface area contributed by atoms with E-state index < -0.39 is 5.78 Å². The normalized spacial score (nSPS) is 11.6. The average Bonchev–Trinajstić information content (AvgIpc) is 2.56. The number of nitrogens with zero attached hydrogens (tertiary/aromatic N) is 2. The van der Waals surface area contributed by atoms with E-state index in [1.807, 2.05) is 0 Å². The van der Waals surface area contributed by atoms with E-state index in [1.54, 1.807) is 61.7 Å². The Morgan fingerprint density at radius 1 is 1.10 bits per heavy atom. The monoisotopic (exact) mass is 282 g/mol. The SMILES string of the molecule is COc1ccc(N=N/C(=C\O)C(=O)c2ccccc2)cc1. The van der Waals surface area contributed by atoms with E-state index in [0.29, 0.717) is 23.3 Å². The smallest absolute Gasteiger partial charge is 0.216 e. The number of methoxy groups -OCH3 is 1. The second-order valence-electron chi connectivity index (χ2n) is 4.11. The minimum atomic E-state index is -0.393. The van der Waals surface area contributed by atoms with Gasteiger partial charge in [0, 0.05) is 5.56 Å². The Morgan fingerprint density at radius 3 is 2.33 bits per heavy atom. The molecule has 2 aromatic rings. The van der Waals surface area contributed by atoms with Crippen LogP contribution in [0.15, 0.2) is 76.8 Å². The quantitative estimate of drug-likeness (QED) is 0.389. The van der Waals surface area contributed by atoms with Gasteiger partial charge in [0.15, 0.2) is 5.70 Å². The number of carbonyl (C=O) groups excluding carboxylic acids is 1. The molecule has 0 radical (unpaired) electrons. The number of benzene rings is 2. The van der Waals surface area contributed by atoms with Gasteiger partial charge >= 0.3 is 0 Å². The topological polar surface area (TPSA) is 71.2 Å². The van der Waals surface area contributed by atoms with E-state index in [-0.39, 0.29) is 5.70 Å². The number of hydrogen-bond donors (Lipinski definition) is 1. The van der Waals surface area contributed by atoms with Crippen LogP contribution in [0.3, 0.4) is 0 Å². The van der Waals surface area contributed by atoms with Gasteiger partial charge in [-0.25, -0.2) is 0 Å². The van der Waals surface area contributed by atoms with Gasteiger partial charge in [-0.3, -0.25) is 4.79 Å². The van der Waals surface area contributed by atoms with Crippen molar-refractivity contribution in [3.63, 3.8) is 0 Å². The molecular weight excluding hydrogens is 268 g/mol. The van der Waals surface area contributed by atoms with Crippen molar-refractivity contribution in [2.24, 2.45) is 10.2 Å². The lowest BCUT2D eigenvalue weighted by Crippen LogP contribution is -2.00. The molecule has 5 heteroatoms. The van der Waals surface area contributed by atoms with Crippen molar-refractivity contribution in [1.82, 2.24) is 0 Å². The van der Waals surface area contributed by atoms with E-state index >= 15 is 0 Å². The predicted octanol–water partition coefficient (Wildman–Crippen LogP) is 4.06. The first kappa shape index (κ1) is 14.5. The second-order valence-corrected chi connectivity index (χ2v) is 4.11. The van der Waals surface area contributed by atoms with Crippen LogP contribution >= 0.6 is 0 Å². The highest BCUT2D eigenvalue weighted by atomic mass is 16.5. The Kier molecular flexibility index (Phi) is 4.82. The van der Waals surface area contributed by atoms with Gasteiger partial charge < -0.3 is 9.84 Å². The number of carbonyl (C=O) groups is 1. The van der Waals surface area contributed by atoms with E-state index in [9.17, 15) is 4.79 Å². The average molecular weight is 282 g/mol. The summed E-state index contributed by atoms with van der Waals surface area (Å²) in [6.07, 6.45) is 0.655. The minimum Gasteiger partial charge on any atom is -0.513 e. The first-order valence-corrected chi connectivity index (χ1v) is 6.24. The fourth-order valence-electron chi connectivity index (χ4n) is 1.63. The lowest BCUT2D eigenvalue weighted by Gasteiger charge is -2.00. The van der Waals surface area contributed by atoms with Crippen LogP contribution in [-0.4, -0.2) is 18.0 Å². The van der Waals surface area contributed by atoms with E-state index in [0.717, 1.165) is 0 Å². The molecular formula is C16H14N2O3. The van der Waals surface area contributed by atoms with Crippen LogP contribution in [0.4, 0.5) is 5.69 Å². The molecule has 0 heterocycles. The highest BCUT2D eigenvalue weighted by Gasteiger charge is 2.11. The molecule has 106 valence electrons. The number of aliphatic hydroxyl groups excluding tert-OH is 1. The molecule has 1 N–H and O–H groups in total. The van der Waals surface area contributed by atoms with Crippen molar-refractivity contribution in [3.8, 4) is 5.75 Å². The van der Waals surface area contributed by atoms with Crippen LogP contribution in [-0.2, 0) is 0 Å². The summed E-state index contributed by atoms with van der Waals surface area (Å²) >= 11 is 0. The number of aliphatic hydroxyl groups is 1. The summed E-state index contributed by atoms with van der Waals surface area (Å²) < 4.78 is 5.03. The number of allylic oxidation sites excluding steroid dienone is 1. The van der Waals surface area contributed by atoms with Crippen LogP contribution in [0.1, 0.15) is 10.4 Å². The van der Waals surface area contributed by atoms with Crippen LogP contribution in [0, 0.1) is 0 Å². The molecule has 0 aliphatic heterocycles. The molecule has 0 bridgehead atoms. The van der Waals surface area contributed by atoms with Crippen molar-refractivity contribution in [3.05, 3.63) is 72.1 Å². The zero-order valence-corrected chi connectivity index (χ0v) is 11.4. The summed E-state index contributed by atoms with van der Waals surface area (Å²) in [6, 6.07) is 15.4. The largest absolute Gasteiger partial charge is 0.513 e. The summed E-state index contributed by atoms with van der Waals surface area (Å²) in [5.41, 5.74) is 0.861. The third kappa shape index (κ3) is 3.76. The molecule has 21 heavy (non-hydrogen) atoms. The number of azo groups is 1. The standard InChI is InChI=1S/C16H14N2O3/c1-21-14-9-7-13(8-10-14)17-18-15(11-19)16(20)12-5-3-2-4-6-12/h2-11,19H,1H3/b15-11-,18-17?. The Balaban J connectivity index is 2.15. The molecule has 0 aliphatic carbocycles. The van der Waals surface area contributed by atoms with Gasteiger partial charge in [0.1, 0.15) is 12.0 Å². The summed E-state index contributed by atoms with van der Waals surface area (Å²) in [6.45, 7) is 0. The van der Waals surface area contributed by atoms with E-state index in [4.69, 9.17) is 9.84 Å². The second kappa shape index (κ2) is 7.00. The molecule has 0 spiro atoms. The van der Waals surface area contributed by atoms with Crippen LogP contribution in [0.25, 0.3) is 0 Å². The Hall–Kier alpha value is -2.95. The first-order valence-electron chi connectivity index (χ1n) is 6.24. The molecule has 0 saturated heterocycles. The van der Waals surface area contributed by atoms with Crippen LogP contribution in [0.2, 0.25) is 0 Å². The van der Waals surface area contributed by atoms with E-state index in [1.165, 1.54) is 0 Å².